The fourth-order valence-corrected chi connectivity index (χ4v) is 2.48. The van der Waals surface area contributed by atoms with Crippen molar-refractivity contribution in [3.8, 4) is 17.1 Å². The van der Waals surface area contributed by atoms with Gasteiger partial charge in [-0.2, -0.15) is 0 Å². The normalized spacial score (nSPS) is 10.6. The maximum Gasteiger partial charge on any atom is 0.320 e. The fraction of sp³-hybridized carbons (Fsp3) is 0.125. The number of fused-ring (bicyclic) bond motifs is 1. The largest absolute Gasteiger partial charge is 0.489 e. The van der Waals surface area contributed by atoms with Gasteiger partial charge in [0.05, 0.1) is 39.8 Å². The van der Waals surface area contributed by atoms with Crippen LogP contribution in [-0.4, -0.2) is 26.9 Å². The van der Waals surface area contributed by atoms with E-state index in [-0.39, 0.29) is 16.7 Å². The van der Waals surface area contributed by atoms with Crippen molar-refractivity contribution >= 4 is 22.3 Å². The van der Waals surface area contributed by atoms with Gasteiger partial charge in [0.15, 0.2) is 0 Å². The summed E-state index contributed by atoms with van der Waals surface area (Å²) >= 11 is 0. The van der Waals surface area contributed by atoms with Gasteiger partial charge < -0.3 is 4.74 Å². The van der Waals surface area contributed by atoms with Gasteiger partial charge in [0, 0.05) is 6.20 Å². The summed E-state index contributed by atoms with van der Waals surface area (Å²) in [6.07, 6.45) is 1.66. The van der Waals surface area contributed by atoms with Crippen LogP contribution in [0.5, 0.6) is 5.75 Å². The quantitative estimate of drug-likeness (QED) is 0.526. The van der Waals surface area contributed by atoms with Crippen molar-refractivity contribution in [1.29, 1.82) is 0 Å². The molecule has 126 valence electrons. The van der Waals surface area contributed by atoms with Crippen LogP contribution >= 0.6 is 0 Å². The van der Waals surface area contributed by atoms with Crippen LogP contribution in [0.25, 0.3) is 22.3 Å². The van der Waals surface area contributed by atoms with Crippen molar-refractivity contribution in [1.82, 2.24) is 9.97 Å². The number of benzene rings is 1. The molecule has 0 saturated heterocycles. The predicted molar refractivity (Wildman–Crippen MR) is 89.6 cm³/mol. The Balaban J connectivity index is 2.35. The molecule has 0 aliphatic rings. The predicted octanol–water partition coefficient (Wildman–Crippen LogP) is 3.43. The number of aromatic nitrogens is 2. The highest BCUT2D eigenvalue weighted by molar-refractivity contribution is 5.97. The molecular formula is C16H12N4O5. The molecule has 0 unspecified atom stereocenters. The Bertz CT molecular complexity index is 1000. The molecule has 2 aromatic heterocycles. The number of nitro groups is 2. The van der Waals surface area contributed by atoms with Crippen LogP contribution in [0.3, 0.4) is 0 Å². The average molecular weight is 340 g/mol. The van der Waals surface area contributed by atoms with Gasteiger partial charge in [0.2, 0.25) is 5.75 Å². The first-order chi connectivity index (χ1) is 11.9. The molecule has 3 rings (SSSR count). The van der Waals surface area contributed by atoms with Crippen LogP contribution in [-0.2, 0) is 0 Å². The van der Waals surface area contributed by atoms with E-state index >= 15 is 0 Å². The number of pyridine rings is 2. The number of aryl methyl sites for hydroxylation is 1. The molecule has 1 aromatic carbocycles. The molecule has 0 fully saturated rings. The molecule has 3 aromatic rings. The Labute approximate surface area is 141 Å². The third-order valence-electron chi connectivity index (χ3n) is 3.66. The lowest BCUT2D eigenvalue weighted by atomic mass is 10.1. The Hall–Kier alpha value is -3.62. The van der Waals surface area contributed by atoms with E-state index in [1.165, 1.54) is 13.2 Å². The van der Waals surface area contributed by atoms with E-state index in [1.807, 2.05) is 13.0 Å². The Morgan fingerprint density at radius 3 is 2.24 bits per heavy atom. The zero-order valence-corrected chi connectivity index (χ0v) is 13.3. The molecule has 0 N–H and O–H groups in total. The van der Waals surface area contributed by atoms with E-state index in [4.69, 9.17) is 4.74 Å². The summed E-state index contributed by atoms with van der Waals surface area (Å²) in [5.41, 5.74) is 1.07. The van der Waals surface area contributed by atoms with Gasteiger partial charge in [-0.25, -0.2) is 4.98 Å². The molecule has 0 aliphatic carbocycles. The SMILES string of the molecule is COc1c([N+](=O)[O-])cc([N+](=O)[O-])c2ccc(-c3ccc(C)cn3)nc12. The molecule has 9 heteroatoms. The smallest absolute Gasteiger partial charge is 0.320 e. The van der Waals surface area contributed by atoms with E-state index in [1.54, 1.807) is 18.3 Å². The first-order valence-corrected chi connectivity index (χ1v) is 7.16. The number of non-ortho nitro benzene ring substituents is 1. The molecular weight excluding hydrogens is 328 g/mol. The highest BCUT2D eigenvalue weighted by Gasteiger charge is 2.27. The number of hydrogen-bond acceptors (Lipinski definition) is 7. The maximum absolute atomic E-state index is 11.3. The second kappa shape index (κ2) is 6.11. The Morgan fingerprint density at radius 1 is 1.00 bits per heavy atom. The third kappa shape index (κ3) is 2.82. The van der Waals surface area contributed by atoms with Crippen LogP contribution < -0.4 is 4.74 Å². The minimum Gasteiger partial charge on any atom is -0.489 e. The standard InChI is InChI=1S/C16H12N4O5/c1-9-3-5-11(17-8-9)12-6-4-10-13(19(21)22)7-14(20(23)24)16(25-2)15(10)18-12/h3-8H,1-2H3. The highest BCUT2D eigenvalue weighted by Crippen LogP contribution is 2.40. The molecule has 25 heavy (non-hydrogen) atoms. The topological polar surface area (TPSA) is 121 Å². The Morgan fingerprint density at radius 2 is 1.68 bits per heavy atom. The van der Waals surface area contributed by atoms with Crippen molar-refractivity contribution in [2.75, 3.05) is 7.11 Å². The zero-order valence-electron chi connectivity index (χ0n) is 13.3. The maximum atomic E-state index is 11.3. The summed E-state index contributed by atoms with van der Waals surface area (Å²) in [4.78, 5) is 29.7. The van der Waals surface area contributed by atoms with Gasteiger partial charge in [0.25, 0.3) is 5.69 Å². The zero-order chi connectivity index (χ0) is 18.1. The summed E-state index contributed by atoms with van der Waals surface area (Å²) in [5.74, 6) is -0.125. The molecule has 0 atom stereocenters. The van der Waals surface area contributed by atoms with Gasteiger partial charge >= 0.3 is 5.69 Å². The average Bonchev–Trinajstić information content (AvgIpc) is 2.60. The van der Waals surface area contributed by atoms with Crippen molar-refractivity contribution in [3.63, 3.8) is 0 Å². The van der Waals surface area contributed by atoms with Crippen LogP contribution in [0.4, 0.5) is 11.4 Å². The summed E-state index contributed by atoms with van der Waals surface area (Å²) < 4.78 is 5.12. The minimum atomic E-state index is -0.732. The van der Waals surface area contributed by atoms with Crippen molar-refractivity contribution in [2.45, 2.75) is 6.92 Å². The van der Waals surface area contributed by atoms with Crippen LogP contribution in [0.1, 0.15) is 5.56 Å². The second-order valence-electron chi connectivity index (χ2n) is 5.28. The van der Waals surface area contributed by atoms with Gasteiger partial charge in [-0.15, -0.1) is 0 Å². The lowest BCUT2D eigenvalue weighted by Crippen LogP contribution is -2.00. The van der Waals surface area contributed by atoms with Crippen LogP contribution in [0, 0.1) is 27.2 Å². The Kier molecular flexibility index (Phi) is 3.97. The first kappa shape index (κ1) is 16.2. The first-order valence-electron chi connectivity index (χ1n) is 7.16. The molecule has 9 nitrogen and oxygen atoms in total. The number of nitrogens with zero attached hydrogens (tertiary/aromatic N) is 4. The lowest BCUT2D eigenvalue weighted by molar-refractivity contribution is -0.393. The number of rotatable bonds is 4. The van der Waals surface area contributed by atoms with E-state index in [0.29, 0.717) is 11.4 Å². The summed E-state index contributed by atoms with van der Waals surface area (Å²) in [7, 11) is 1.26. The third-order valence-corrected chi connectivity index (χ3v) is 3.66. The van der Waals surface area contributed by atoms with E-state index in [9.17, 15) is 20.2 Å². The molecule has 0 bridgehead atoms. The monoisotopic (exact) mass is 340 g/mol. The molecule has 0 spiro atoms. The number of hydrogen-bond donors (Lipinski definition) is 0. The molecule has 0 amide bonds. The second-order valence-corrected chi connectivity index (χ2v) is 5.28. The van der Waals surface area contributed by atoms with Gasteiger partial charge in [0.1, 0.15) is 5.52 Å². The molecule has 2 heterocycles. The summed E-state index contributed by atoms with van der Waals surface area (Å²) in [6.45, 7) is 1.89. The van der Waals surface area contributed by atoms with Crippen molar-refractivity contribution < 1.29 is 14.6 Å². The van der Waals surface area contributed by atoms with E-state index < -0.39 is 21.2 Å². The number of methoxy groups -OCH3 is 1. The minimum absolute atomic E-state index is 0.0447. The lowest BCUT2D eigenvalue weighted by Gasteiger charge is -2.08. The summed E-state index contributed by atoms with van der Waals surface area (Å²) in [6, 6.07) is 7.55. The molecule has 0 radical (unpaired) electrons. The fourth-order valence-electron chi connectivity index (χ4n) is 2.48. The van der Waals surface area contributed by atoms with E-state index in [0.717, 1.165) is 11.6 Å². The molecule has 0 saturated carbocycles. The van der Waals surface area contributed by atoms with Crippen LogP contribution in [0.2, 0.25) is 0 Å². The van der Waals surface area contributed by atoms with Crippen molar-refractivity contribution in [3.05, 3.63) is 62.3 Å². The van der Waals surface area contributed by atoms with E-state index in [2.05, 4.69) is 9.97 Å². The number of ether oxygens (including phenoxy) is 1. The van der Waals surface area contributed by atoms with Crippen LogP contribution in [0.15, 0.2) is 36.5 Å². The highest BCUT2D eigenvalue weighted by atomic mass is 16.6. The van der Waals surface area contributed by atoms with Crippen molar-refractivity contribution in [2.24, 2.45) is 0 Å². The summed E-state index contributed by atoms with van der Waals surface area (Å²) in [5, 5.41) is 22.7. The van der Waals surface area contributed by atoms with Gasteiger partial charge in [-0.3, -0.25) is 25.2 Å². The van der Waals surface area contributed by atoms with Gasteiger partial charge in [-0.05, 0) is 30.7 Å². The number of nitro benzene ring substituents is 2. The van der Waals surface area contributed by atoms with Gasteiger partial charge in [-0.1, -0.05) is 6.07 Å². The molecule has 0 aliphatic heterocycles.